The van der Waals surface area contributed by atoms with Gasteiger partial charge in [0.15, 0.2) is 0 Å². The lowest BCUT2D eigenvalue weighted by Crippen LogP contribution is -2.31. The average Bonchev–Trinajstić information content (AvgIpc) is 3.38. The molecule has 184 valence electrons. The van der Waals surface area contributed by atoms with Crippen molar-refractivity contribution in [1.29, 1.82) is 5.41 Å². The lowest BCUT2D eigenvalue weighted by Gasteiger charge is -2.27. The number of carbonyl (C=O) groups excluding carboxylic acids is 1. The van der Waals surface area contributed by atoms with Crippen LogP contribution >= 0.6 is 0 Å². The highest BCUT2D eigenvalue weighted by molar-refractivity contribution is 6.09. The molecule has 2 heterocycles. The van der Waals surface area contributed by atoms with Crippen molar-refractivity contribution in [2.24, 2.45) is 13.0 Å². The SMILES string of the molecule is C/C=C(\C=N)c1cc(O[C@H](C)C2CC(=O)N(C(C)c3ccc(OC)cc3)C2)c2c(C)n(C)nc2c1. The molecule has 0 radical (unpaired) electrons. The molecule has 1 amide bonds. The highest BCUT2D eigenvalue weighted by Gasteiger charge is 2.37. The van der Waals surface area contributed by atoms with E-state index in [2.05, 4.69) is 12.0 Å². The Hall–Kier alpha value is -3.61. The van der Waals surface area contributed by atoms with Crippen molar-refractivity contribution in [1.82, 2.24) is 14.7 Å². The van der Waals surface area contributed by atoms with Gasteiger partial charge >= 0.3 is 0 Å². The van der Waals surface area contributed by atoms with Crippen molar-refractivity contribution < 1.29 is 14.3 Å². The maximum absolute atomic E-state index is 13.0. The van der Waals surface area contributed by atoms with Gasteiger partial charge in [-0.3, -0.25) is 9.48 Å². The Morgan fingerprint density at radius 3 is 2.57 bits per heavy atom. The molecule has 3 aromatic rings. The normalized spacial score (nSPS) is 18.1. The predicted molar refractivity (Wildman–Crippen MR) is 139 cm³/mol. The molecule has 4 rings (SSSR count). The zero-order chi connectivity index (χ0) is 25.3. The second-order valence-corrected chi connectivity index (χ2v) is 9.25. The zero-order valence-corrected chi connectivity index (χ0v) is 21.3. The molecule has 1 aromatic heterocycles. The third kappa shape index (κ3) is 4.67. The van der Waals surface area contributed by atoms with Crippen molar-refractivity contribution >= 4 is 28.6 Å². The number of hydrogen-bond acceptors (Lipinski definition) is 5. The van der Waals surface area contributed by atoms with Gasteiger partial charge in [0.05, 0.1) is 24.1 Å². The van der Waals surface area contributed by atoms with Crippen LogP contribution in [0.4, 0.5) is 0 Å². The van der Waals surface area contributed by atoms with E-state index in [1.807, 2.05) is 79.9 Å². The van der Waals surface area contributed by atoms with Crippen LogP contribution in [-0.2, 0) is 11.8 Å². The number of nitrogens with zero attached hydrogens (tertiary/aromatic N) is 3. The number of aryl methyl sites for hydroxylation is 2. The second kappa shape index (κ2) is 9.94. The molecule has 7 nitrogen and oxygen atoms in total. The van der Waals surface area contributed by atoms with Gasteiger partial charge in [0, 0.05) is 37.8 Å². The van der Waals surface area contributed by atoms with Crippen molar-refractivity contribution in [2.45, 2.75) is 46.3 Å². The van der Waals surface area contributed by atoms with E-state index in [0.29, 0.717) is 13.0 Å². The second-order valence-electron chi connectivity index (χ2n) is 9.25. The minimum atomic E-state index is -0.167. The molecule has 1 aliphatic rings. The number of nitrogens with one attached hydrogen (secondary N) is 1. The van der Waals surface area contributed by atoms with Gasteiger partial charge in [-0.1, -0.05) is 18.2 Å². The first kappa shape index (κ1) is 24.5. The number of allylic oxidation sites excluding steroid dienone is 2. The van der Waals surface area contributed by atoms with Crippen molar-refractivity contribution in [3.05, 3.63) is 59.3 Å². The van der Waals surface area contributed by atoms with Gasteiger partial charge in [0.2, 0.25) is 5.91 Å². The number of methoxy groups -OCH3 is 1. The third-order valence-electron chi connectivity index (χ3n) is 7.22. The highest BCUT2D eigenvalue weighted by atomic mass is 16.5. The number of ether oxygens (including phenoxy) is 2. The summed E-state index contributed by atoms with van der Waals surface area (Å²) in [7, 11) is 3.57. The lowest BCUT2D eigenvalue weighted by atomic mass is 10.0. The zero-order valence-electron chi connectivity index (χ0n) is 21.3. The molecular weight excluding hydrogens is 440 g/mol. The first-order valence-electron chi connectivity index (χ1n) is 12.0. The van der Waals surface area contributed by atoms with Gasteiger partial charge in [0.25, 0.3) is 0 Å². The topological polar surface area (TPSA) is 80.4 Å². The molecule has 0 saturated carbocycles. The van der Waals surface area contributed by atoms with Crippen molar-refractivity contribution in [2.75, 3.05) is 13.7 Å². The van der Waals surface area contributed by atoms with Gasteiger partial charge in [-0.25, -0.2) is 0 Å². The molecule has 1 saturated heterocycles. The monoisotopic (exact) mass is 474 g/mol. The maximum atomic E-state index is 13.0. The summed E-state index contributed by atoms with van der Waals surface area (Å²) in [6, 6.07) is 11.8. The summed E-state index contributed by atoms with van der Waals surface area (Å²) in [5, 5.41) is 13.4. The molecule has 0 bridgehead atoms. The van der Waals surface area contributed by atoms with E-state index in [4.69, 9.17) is 14.9 Å². The minimum Gasteiger partial charge on any atom is -0.497 e. The van der Waals surface area contributed by atoms with Gasteiger partial charge in [-0.15, -0.1) is 0 Å². The first-order chi connectivity index (χ1) is 16.8. The summed E-state index contributed by atoms with van der Waals surface area (Å²) in [4.78, 5) is 14.9. The number of rotatable bonds is 8. The van der Waals surface area contributed by atoms with Crippen LogP contribution in [0.2, 0.25) is 0 Å². The third-order valence-corrected chi connectivity index (χ3v) is 7.22. The number of amides is 1. The van der Waals surface area contributed by atoms with Gasteiger partial charge in [0.1, 0.15) is 17.6 Å². The van der Waals surface area contributed by atoms with Crippen molar-refractivity contribution in [3.8, 4) is 11.5 Å². The van der Waals surface area contributed by atoms with Crippen LogP contribution in [0.1, 0.15) is 50.1 Å². The fraction of sp³-hybridized carbons (Fsp3) is 0.393. The molecule has 0 aliphatic carbocycles. The standard InChI is InChI=1S/C28H34N4O3/c1-7-20(15-29)22-12-25-28(18(3)31(5)30-25)26(13-22)35-19(4)23-14-27(33)32(16-23)17(2)21-8-10-24(34-6)11-9-21/h7-13,15,17,19,23,29H,14,16H2,1-6H3/b20-7+,29-15?/t17?,19-,23?/m1/s1. The average molecular weight is 475 g/mol. The fourth-order valence-corrected chi connectivity index (χ4v) is 4.84. The van der Waals surface area contributed by atoms with Gasteiger partial charge in [-0.05, 0) is 68.7 Å². The van der Waals surface area contributed by atoms with E-state index < -0.39 is 0 Å². The molecule has 0 spiro atoms. The molecule has 3 atom stereocenters. The van der Waals surface area contributed by atoms with E-state index in [9.17, 15) is 4.79 Å². The van der Waals surface area contributed by atoms with Crippen LogP contribution in [0.5, 0.6) is 11.5 Å². The number of carbonyl (C=O) groups is 1. The van der Waals surface area contributed by atoms with E-state index in [-0.39, 0.29) is 24.0 Å². The Kier molecular flexibility index (Phi) is 6.96. The van der Waals surface area contributed by atoms with Gasteiger partial charge < -0.3 is 19.8 Å². The van der Waals surface area contributed by atoms with Crippen LogP contribution in [0.3, 0.4) is 0 Å². The maximum Gasteiger partial charge on any atom is 0.223 e. The Balaban J connectivity index is 1.57. The summed E-state index contributed by atoms with van der Waals surface area (Å²) >= 11 is 0. The summed E-state index contributed by atoms with van der Waals surface area (Å²) < 4.78 is 13.7. The number of benzene rings is 2. The molecule has 2 aromatic carbocycles. The number of fused-ring (bicyclic) bond motifs is 1. The molecule has 35 heavy (non-hydrogen) atoms. The molecule has 1 N–H and O–H groups in total. The Morgan fingerprint density at radius 1 is 1.23 bits per heavy atom. The Labute approximate surface area is 206 Å². The molecule has 2 unspecified atom stereocenters. The molecule has 1 aliphatic heterocycles. The van der Waals surface area contributed by atoms with Crippen molar-refractivity contribution in [3.63, 3.8) is 0 Å². The lowest BCUT2D eigenvalue weighted by molar-refractivity contribution is -0.129. The fourth-order valence-electron chi connectivity index (χ4n) is 4.84. The van der Waals surface area contributed by atoms with Crippen LogP contribution < -0.4 is 9.47 Å². The van der Waals surface area contributed by atoms with E-state index >= 15 is 0 Å². The Morgan fingerprint density at radius 2 is 1.94 bits per heavy atom. The summed E-state index contributed by atoms with van der Waals surface area (Å²) in [5.74, 6) is 1.76. The van der Waals surface area contributed by atoms with E-state index in [0.717, 1.165) is 44.8 Å². The van der Waals surface area contributed by atoms with Crippen LogP contribution in [-0.4, -0.2) is 46.6 Å². The number of hydrogen-bond donors (Lipinski definition) is 1. The first-order valence-corrected chi connectivity index (χ1v) is 12.0. The predicted octanol–water partition coefficient (Wildman–Crippen LogP) is 5.32. The number of aromatic nitrogens is 2. The Bertz CT molecular complexity index is 1280. The largest absolute Gasteiger partial charge is 0.497 e. The van der Waals surface area contributed by atoms with Crippen LogP contribution in [0.25, 0.3) is 16.5 Å². The molecule has 1 fully saturated rings. The van der Waals surface area contributed by atoms with Crippen LogP contribution in [0, 0.1) is 18.3 Å². The molecule has 7 heteroatoms. The summed E-state index contributed by atoms with van der Waals surface area (Å²) in [5.41, 5.74) is 4.64. The number of likely N-dealkylation sites (tertiary alicyclic amines) is 1. The quantitative estimate of drug-likeness (QED) is 0.448. The minimum absolute atomic E-state index is 0.0222. The smallest absolute Gasteiger partial charge is 0.223 e. The summed E-state index contributed by atoms with van der Waals surface area (Å²) in [6.45, 7) is 8.69. The van der Waals surface area contributed by atoms with Crippen LogP contribution in [0.15, 0.2) is 42.5 Å². The van der Waals surface area contributed by atoms with E-state index in [1.54, 1.807) is 7.11 Å². The summed E-state index contributed by atoms with van der Waals surface area (Å²) in [6.07, 6.45) is 3.54. The highest BCUT2D eigenvalue weighted by Crippen LogP contribution is 2.36. The van der Waals surface area contributed by atoms with E-state index in [1.165, 1.54) is 6.21 Å². The molecular formula is C28H34N4O3. The van der Waals surface area contributed by atoms with Gasteiger partial charge in [-0.2, -0.15) is 5.10 Å².